The van der Waals surface area contributed by atoms with E-state index < -0.39 is 5.60 Å². The second-order valence-corrected chi connectivity index (χ2v) is 3.43. The lowest BCUT2D eigenvalue weighted by Gasteiger charge is -2.20. The van der Waals surface area contributed by atoms with Crippen molar-refractivity contribution in [1.82, 2.24) is 9.78 Å². The highest BCUT2D eigenvalue weighted by molar-refractivity contribution is 5.22. The topological polar surface area (TPSA) is 53.1 Å². The molecule has 1 heterocycles. The molecular formula is C8H15N3O. The van der Waals surface area contributed by atoms with E-state index in [1.807, 2.05) is 34.0 Å². The van der Waals surface area contributed by atoms with E-state index in [0.717, 1.165) is 11.3 Å². The molecular weight excluding hydrogens is 154 g/mol. The Kier molecular flexibility index (Phi) is 2.21. The predicted molar refractivity (Wildman–Crippen MR) is 46.2 cm³/mol. The molecule has 1 aromatic heterocycles. The molecule has 0 aromatic carbocycles. The first-order valence-electron chi connectivity index (χ1n) is 3.86. The minimum absolute atomic E-state index is 0.460. The van der Waals surface area contributed by atoms with Crippen LogP contribution in [0.3, 0.4) is 0 Å². The summed E-state index contributed by atoms with van der Waals surface area (Å²) >= 11 is 0. The fourth-order valence-corrected chi connectivity index (χ4v) is 1.25. The van der Waals surface area contributed by atoms with Crippen molar-refractivity contribution in [3.63, 3.8) is 0 Å². The van der Waals surface area contributed by atoms with Gasteiger partial charge < -0.3 is 0 Å². The summed E-state index contributed by atoms with van der Waals surface area (Å²) in [5.41, 5.74) is 1.51. The molecule has 0 saturated heterocycles. The largest absolute Gasteiger partial charge is 0.294 e. The second-order valence-electron chi connectivity index (χ2n) is 3.43. The number of hydrogen-bond acceptors (Lipinski definition) is 3. The fourth-order valence-electron chi connectivity index (χ4n) is 1.25. The Morgan fingerprint density at radius 3 is 2.50 bits per heavy atom. The first kappa shape index (κ1) is 9.22. The number of nitrogens with zero attached hydrogens (tertiary/aromatic N) is 2. The van der Waals surface area contributed by atoms with Crippen molar-refractivity contribution in [3.8, 4) is 0 Å². The first-order chi connectivity index (χ1) is 5.47. The van der Waals surface area contributed by atoms with Crippen LogP contribution in [0, 0.1) is 6.92 Å². The van der Waals surface area contributed by atoms with Gasteiger partial charge in [0.2, 0.25) is 0 Å². The molecule has 0 aliphatic carbocycles. The van der Waals surface area contributed by atoms with Gasteiger partial charge in [0.15, 0.2) is 0 Å². The van der Waals surface area contributed by atoms with Crippen molar-refractivity contribution < 1.29 is 4.84 Å². The first-order valence-corrected chi connectivity index (χ1v) is 3.86. The van der Waals surface area contributed by atoms with Crippen LogP contribution in [0.5, 0.6) is 0 Å². The Morgan fingerprint density at radius 2 is 2.17 bits per heavy atom. The van der Waals surface area contributed by atoms with Gasteiger partial charge in [-0.3, -0.25) is 9.52 Å². The lowest BCUT2D eigenvalue weighted by molar-refractivity contribution is -0.0240. The average molecular weight is 169 g/mol. The molecule has 0 bridgehead atoms. The molecule has 2 N–H and O–H groups in total. The predicted octanol–water partition coefficient (Wildman–Crippen LogP) is 0.854. The molecule has 0 radical (unpaired) electrons. The molecule has 0 unspecified atom stereocenters. The van der Waals surface area contributed by atoms with E-state index in [9.17, 15) is 0 Å². The molecule has 4 heteroatoms. The van der Waals surface area contributed by atoms with Crippen LogP contribution in [0.4, 0.5) is 0 Å². The van der Waals surface area contributed by atoms with Crippen molar-refractivity contribution in [2.75, 3.05) is 0 Å². The zero-order chi connectivity index (χ0) is 9.35. The van der Waals surface area contributed by atoms with Crippen molar-refractivity contribution in [1.29, 1.82) is 0 Å². The Balaban J connectivity index is 3.09. The van der Waals surface area contributed by atoms with Crippen LogP contribution in [-0.4, -0.2) is 9.78 Å². The zero-order valence-electron chi connectivity index (χ0n) is 7.96. The third-order valence-corrected chi connectivity index (χ3v) is 1.96. The second kappa shape index (κ2) is 2.88. The average Bonchev–Trinajstić information content (AvgIpc) is 2.31. The maximum Gasteiger partial charge on any atom is 0.112 e. The van der Waals surface area contributed by atoms with Gasteiger partial charge in [-0.1, -0.05) is 0 Å². The van der Waals surface area contributed by atoms with E-state index in [1.165, 1.54) is 0 Å². The molecule has 1 rings (SSSR count). The minimum Gasteiger partial charge on any atom is -0.294 e. The highest BCUT2D eigenvalue weighted by Gasteiger charge is 2.24. The van der Waals surface area contributed by atoms with Crippen molar-refractivity contribution in [2.24, 2.45) is 12.9 Å². The summed E-state index contributed by atoms with van der Waals surface area (Å²) in [4.78, 5) is 4.86. The molecule has 4 nitrogen and oxygen atoms in total. The molecule has 0 aliphatic rings. The van der Waals surface area contributed by atoms with Gasteiger partial charge in [-0.05, 0) is 20.8 Å². The molecule has 68 valence electrons. The number of aromatic nitrogens is 2. The summed E-state index contributed by atoms with van der Waals surface area (Å²) in [6.07, 6.45) is 1.92. The fraction of sp³-hybridized carbons (Fsp3) is 0.625. The SMILES string of the molecule is Cc1nn(C)cc1C(C)(C)ON. The van der Waals surface area contributed by atoms with Gasteiger partial charge in [0.05, 0.1) is 5.69 Å². The van der Waals surface area contributed by atoms with Crippen LogP contribution < -0.4 is 5.90 Å². The Morgan fingerprint density at radius 1 is 1.58 bits per heavy atom. The number of nitrogens with two attached hydrogens (primary N) is 1. The summed E-state index contributed by atoms with van der Waals surface area (Å²) in [7, 11) is 1.88. The van der Waals surface area contributed by atoms with Crippen molar-refractivity contribution in [3.05, 3.63) is 17.5 Å². The maximum absolute atomic E-state index is 5.18. The summed E-state index contributed by atoms with van der Waals surface area (Å²) in [5, 5.41) is 4.21. The lowest BCUT2D eigenvalue weighted by Crippen LogP contribution is -2.25. The minimum atomic E-state index is -0.460. The van der Waals surface area contributed by atoms with E-state index in [1.54, 1.807) is 4.68 Å². The molecule has 12 heavy (non-hydrogen) atoms. The van der Waals surface area contributed by atoms with Crippen LogP contribution in [-0.2, 0) is 17.5 Å². The Labute approximate surface area is 72.3 Å². The molecule has 0 aliphatic heterocycles. The quantitative estimate of drug-likeness (QED) is 0.668. The lowest BCUT2D eigenvalue weighted by atomic mass is 10.00. The third-order valence-electron chi connectivity index (χ3n) is 1.96. The Bertz CT molecular complexity index is 278. The van der Waals surface area contributed by atoms with E-state index in [-0.39, 0.29) is 0 Å². The Hall–Kier alpha value is -0.870. The van der Waals surface area contributed by atoms with Gasteiger partial charge >= 0.3 is 0 Å². The van der Waals surface area contributed by atoms with Crippen LogP contribution in [0.15, 0.2) is 6.20 Å². The van der Waals surface area contributed by atoms with Gasteiger partial charge in [0, 0.05) is 18.8 Å². The van der Waals surface area contributed by atoms with E-state index in [0.29, 0.717) is 0 Å². The third kappa shape index (κ3) is 1.49. The molecule has 0 fully saturated rings. The van der Waals surface area contributed by atoms with Crippen LogP contribution >= 0.6 is 0 Å². The standard InChI is InChI=1S/C8H15N3O/c1-6-7(5-11(4)10-6)8(2,3)12-9/h5H,9H2,1-4H3. The van der Waals surface area contributed by atoms with Crippen LogP contribution in [0.2, 0.25) is 0 Å². The van der Waals surface area contributed by atoms with Crippen molar-refractivity contribution >= 4 is 0 Å². The van der Waals surface area contributed by atoms with Gasteiger partial charge in [-0.25, -0.2) is 5.90 Å². The molecule has 0 amide bonds. The highest BCUT2D eigenvalue weighted by atomic mass is 16.6. The van der Waals surface area contributed by atoms with E-state index in [2.05, 4.69) is 5.10 Å². The summed E-state index contributed by atoms with van der Waals surface area (Å²) in [6, 6.07) is 0. The van der Waals surface area contributed by atoms with Gasteiger partial charge in [-0.15, -0.1) is 0 Å². The number of aryl methyl sites for hydroxylation is 2. The number of rotatable bonds is 2. The molecule has 0 spiro atoms. The van der Waals surface area contributed by atoms with E-state index >= 15 is 0 Å². The smallest absolute Gasteiger partial charge is 0.112 e. The normalized spacial score (nSPS) is 12.1. The summed E-state index contributed by atoms with van der Waals surface area (Å²) in [5.74, 6) is 5.18. The van der Waals surface area contributed by atoms with Gasteiger partial charge in [0.1, 0.15) is 5.60 Å². The maximum atomic E-state index is 5.18. The zero-order valence-corrected chi connectivity index (χ0v) is 7.96. The molecule has 1 aromatic rings. The highest BCUT2D eigenvalue weighted by Crippen LogP contribution is 2.24. The van der Waals surface area contributed by atoms with E-state index in [4.69, 9.17) is 10.7 Å². The summed E-state index contributed by atoms with van der Waals surface area (Å²) < 4.78 is 1.76. The van der Waals surface area contributed by atoms with Gasteiger partial charge in [0.25, 0.3) is 0 Å². The van der Waals surface area contributed by atoms with Crippen molar-refractivity contribution in [2.45, 2.75) is 26.4 Å². The molecule has 0 saturated carbocycles. The van der Waals surface area contributed by atoms with Gasteiger partial charge in [-0.2, -0.15) is 5.10 Å². The monoisotopic (exact) mass is 169 g/mol. The summed E-state index contributed by atoms with van der Waals surface area (Å²) in [6.45, 7) is 5.77. The number of hydrogen-bond donors (Lipinski definition) is 1. The van der Waals surface area contributed by atoms with Crippen LogP contribution in [0.25, 0.3) is 0 Å². The van der Waals surface area contributed by atoms with Crippen LogP contribution in [0.1, 0.15) is 25.1 Å². The molecule has 0 atom stereocenters.